The third-order valence-corrected chi connectivity index (χ3v) is 4.76. The maximum absolute atomic E-state index is 3.69. The van der Waals surface area contributed by atoms with E-state index in [-0.39, 0.29) is 0 Å². The van der Waals surface area contributed by atoms with Gasteiger partial charge in [-0.15, -0.1) is 11.3 Å². The van der Waals surface area contributed by atoms with Crippen molar-refractivity contribution in [2.45, 2.75) is 51.1 Å². The summed E-state index contributed by atoms with van der Waals surface area (Å²) in [4.78, 5) is 1.50. The minimum Gasteiger partial charge on any atom is -0.311 e. The van der Waals surface area contributed by atoms with E-state index >= 15 is 0 Å². The molecule has 1 aliphatic heterocycles. The fraction of sp³-hybridized carbons (Fsp3) is 0.667. The third-order valence-electron chi connectivity index (χ3n) is 3.08. The zero-order valence-electron chi connectivity index (χ0n) is 9.13. The minimum atomic E-state index is 0.721. The molecule has 1 fully saturated rings. The van der Waals surface area contributed by atoms with E-state index in [4.69, 9.17) is 0 Å². The molecular formula is C12H18BrNS. The van der Waals surface area contributed by atoms with Crippen molar-refractivity contribution < 1.29 is 0 Å². The van der Waals surface area contributed by atoms with Gasteiger partial charge in [0, 0.05) is 17.0 Å². The molecule has 1 saturated heterocycles. The van der Waals surface area contributed by atoms with Crippen LogP contribution in [-0.4, -0.2) is 12.1 Å². The standard InChI is InChI=1S/C12H18BrNS/c1-9-3-2-4-10(14-9)5-6-11-7-8-12(13)15-11/h7-10,14H,2-6H2,1H3. The smallest absolute Gasteiger partial charge is 0.0701 e. The van der Waals surface area contributed by atoms with E-state index in [9.17, 15) is 0 Å². The van der Waals surface area contributed by atoms with Crippen LogP contribution in [0.5, 0.6) is 0 Å². The van der Waals surface area contributed by atoms with Crippen LogP contribution in [0.3, 0.4) is 0 Å². The van der Waals surface area contributed by atoms with E-state index in [0.29, 0.717) is 0 Å². The summed E-state index contributed by atoms with van der Waals surface area (Å²) in [5.41, 5.74) is 0. The first-order valence-corrected chi connectivity index (χ1v) is 7.35. The lowest BCUT2D eigenvalue weighted by Crippen LogP contribution is -2.40. The van der Waals surface area contributed by atoms with Crippen molar-refractivity contribution in [2.75, 3.05) is 0 Å². The third kappa shape index (κ3) is 3.58. The Morgan fingerprint density at radius 2 is 2.33 bits per heavy atom. The molecule has 1 aliphatic rings. The van der Waals surface area contributed by atoms with Crippen LogP contribution < -0.4 is 5.32 Å². The largest absolute Gasteiger partial charge is 0.311 e. The van der Waals surface area contributed by atoms with Gasteiger partial charge in [0.2, 0.25) is 0 Å². The highest BCUT2D eigenvalue weighted by Gasteiger charge is 2.17. The lowest BCUT2D eigenvalue weighted by molar-refractivity contribution is 0.322. The Morgan fingerprint density at radius 3 is 3.00 bits per heavy atom. The summed E-state index contributed by atoms with van der Waals surface area (Å²) in [6.45, 7) is 2.30. The summed E-state index contributed by atoms with van der Waals surface area (Å²) in [7, 11) is 0. The van der Waals surface area contributed by atoms with Gasteiger partial charge in [-0.1, -0.05) is 6.42 Å². The number of aryl methyl sites for hydroxylation is 1. The molecule has 84 valence electrons. The topological polar surface area (TPSA) is 12.0 Å². The van der Waals surface area contributed by atoms with Crippen molar-refractivity contribution in [3.05, 3.63) is 20.8 Å². The lowest BCUT2D eigenvalue weighted by Gasteiger charge is -2.28. The molecule has 15 heavy (non-hydrogen) atoms. The normalized spacial score (nSPS) is 26.8. The Labute approximate surface area is 104 Å². The first-order valence-electron chi connectivity index (χ1n) is 5.74. The number of halogens is 1. The summed E-state index contributed by atoms with van der Waals surface area (Å²) < 4.78 is 1.25. The Kier molecular flexibility index (Phi) is 4.23. The zero-order chi connectivity index (χ0) is 10.7. The molecule has 0 saturated carbocycles. The predicted molar refractivity (Wildman–Crippen MR) is 70.6 cm³/mol. The number of hydrogen-bond donors (Lipinski definition) is 1. The van der Waals surface area contributed by atoms with Crippen LogP contribution in [-0.2, 0) is 6.42 Å². The van der Waals surface area contributed by atoms with Gasteiger partial charge in [0.05, 0.1) is 3.79 Å². The molecule has 0 amide bonds. The highest BCUT2D eigenvalue weighted by Crippen LogP contribution is 2.24. The summed E-state index contributed by atoms with van der Waals surface area (Å²) in [5, 5.41) is 3.69. The van der Waals surface area contributed by atoms with Gasteiger partial charge in [-0.05, 0) is 60.7 Å². The summed E-state index contributed by atoms with van der Waals surface area (Å²) in [5.74, 6) is 0. The van der Waals surface area contributed by atoms with Crippen LogP contribution in [0.25, 0.3) is 0 Å². The van der Waals surface area contributed by atoms with Crippen molar-refractivity contribution in [1.29, 1.82) is 0 Å². The number of piperidine rings is 1. The predicted octanol–water partition coefficient (Wildman–Crippen LogP) is 3.97. The van der Waals surface area contributed by atoms with Gasteiger partial charge >= 0.3 is 0 Å². The van der Waals surface area contributed by atoms with Crippen molar-refractivity contribution >= 4 is 27.3 Å². The van der Waals surface area contributed by atoms with Gasteiger partial charge in [0.1, 0.15) is 0 Å². The average molecular weight is 288 g/mol. The zero-order valence-corrected chi connectivity index (χ0v) is 11.5. The van der Waals surface area contributed by atoms with Crippen molar-refractivity contribution in [2.24, 2.45) is 0 Å². The second-order valence-corrected chi connectivity index (χ2v) is 6.99. The van der Waals surface area contributed by atoms with E-state index in [0.717, 1.165) is 12.1 Å². The number of hydrogen-bond acceptors (Lipinski definition) is 2. The van der Waals surface area contributed by atoms with Crippen molar-refractivity contribution in [3.63, 3.8) is 0 Å². The summed E-state index contributed by atoms with van der Waals surface area (Å²) in [6.07, 6.45) is 6.61. The van der Waals surface area contributed by atoms with Gasteiger partial charge in [-0.2, -0.15) is 0 Å². The Balaban J connectivity index is 1.77. The second kappa shape index (κ2) is 5.46. The fourth-order valence-corrected chi connectivity index (χ4v) is 3.77. The molecule has 1 aromatic heterocycles. The lowest BCUT2D eigenvalue weighted by atomic mass is 9.96. The van der Waals surface area contributed by atoms with Crippen molar-refractivity contribution in [1.82, 2.24) is 5.32 Å². The minimum absolute atomic E-state index is 0.721. The molecule has 2 unspecified atom stereocenters. The first kappa shape index (κ1) is 11.6. The Bertz CT molecular complexity index is 310. The van der Waals surface area contributed by atoms with Gasteiger partial charge < -0.3 is 5.32 Å². The number of thiophene rings is 1. The van der Waals surface area contributed by atoms with Gasteiger partial charge in [0.25, 0.3) is 0 Å². The van der Waals surface area contributed by atoms with E-state index in [1.54, 1.807) is 0 Å². The fourth-order valence-electron chi connectivity index (χ4n) is 2.27. The van der Waals surface area contributed by atoms with Gasteiger partial charge in [-0.3, -0.25) is 0 Å². The van der Waals surface area contributed by atoms with E-state index in [1.165, 1.54) is 40.8 Å². The monoisotopic (exact) mass is 287 g/mol. The number of rotatable bonds is 3. The van der Waals surface area contributed by atoms with Crippen LogP contribution in [0, 0.1) is 0 Å². The van der Waals surface area contributed by atoms with Crippen LogP contribution in [0.4, 0.5) is 0 Å². The van der Waals surface area contributed by atoms with Crippen LogP contribution in [0.15, 0.2) is 15.9 Å². The Morgan fingerprint density at radius 1 is 1.47 bits per heavy atom. The molecule has 2 rings (SSSR count). The average Bonchev–Trinajstić information content (AvgIpc) is 2.62. The summed E-state index contributed by atoms with van der Waals surface area (Å²) >= 11 is 5.38. The molecule has 3 heteroatoms. The molecule has 0 bridgehead atoms. The van der Waals surface area contributed by atoms with Crippen LogP contribution in [0.2, 0.25) is 0 Å². The van der Waals surface area contributed by atoms with E-state index in [2.05, 4.69) is 40.3 Å². The van der Waals surface area contributed by atoms with E-state index in [1.807, 2.05) is 11.3 Å². The molecule has 2 atom stereocenters. The molecule has 1 aromatic rings. The molecule has 0 spiro atoms. The van der Waals surface area contributed by atoms with E-state index < -0.39 is 0 Å². The first-order chi connectivity index (χ1) is 7.24. The molecule has 0 aliphatic carbocycles. The van der Waals surface area contributed by atoms with Crippen LogP contribution >= 0.6 is 27.3 Å². The van der Waals surface area contributed by atoms with Crippen LogP contribution in [0.1, 0.15) is 37.5 Å². The molecular weight excluding hydrogens is 270 g/mol. The SMILES string of the molecule is CC1CCCC(CCc2ccc(Br)s2)N1. The maximum atomic E-state index is 3.69. The molecule has 0 aromatic carbocycles. The van der Waals surface area contributed by atoms with Gasteiger partial charge in [0.15, 0.2) is 0 Å². The summed E-state index contributed by atoms with van der Waals surface area (Å²) in [6, 6.07) is 5.85. The number of nitrogens with one attached hydrogen (secondary N) is 1. The highest BCUT2D eigenvalue weighted by atomic mass is 79.9. The van der Waals surface area contributed by atoms with Crippen molar-refractivity contribution in [3.8, 4) is 0 Å². The molecule has 2 heterocycles. The second-order valence-electron chi connectivity index (χ2n) is 4.44. The molecule has 1 nitrogen and oxygen atoms in total. The quantitative estimate of drug-likeness (QED) is 0.887. The molecule has 0 radical (unpaired) electrons. The molecule has 1 N–H and O–H groups in total. The highest BCUT2D eigenvalue weighted by molar-refractivity contribution is 9.11. The van der Waals surface area contributed by atoms with Gasteiger partial charge in [-0.25, -0.2) is 0 Å². The Hall–Kier alpha value is 0.140. The maximum Gasteiger partial charge on any atom is 0.0701 e.